The van der Waals surface area contributed by atoms with Crippen molar-refractivity contribution >= 4 is 0 Å². The standard InChI is InChI=1S/C8H13N7/c1-3-9-5-8-11-12-13-15(8)7-4-10-14(2)6-7/h4,6,9H,3,5H2,1-2H3. The van der Waals surface area contributed by atoms with Crippen LogP contribution in [0.3, 0.4) is 0 Å². The second kappa shape index (κ2) is 4.18. The summed E-state index contributed by atoms with van der Waals surface area (Å²) in [5.74, 6) is 0.782. The zero-order chi connectivity index (χ0) is 10.7. The van der Waals surface area contributed by atoms with Gasteiger partial charge >= 0.3 is 0 Å². The summed E-state index contributed by atoms with van der Waals surface area (Å²) < 4.78 is 3.39. The van der Waals surface area contributed by atoms with E-state index in [4.69, 9.17) is 0 Å². The van der Waals surface area contributed by atoms with Gasteiger partial charge in [-0.15, -0.1) is 5.10 Å². The predicted octanol–water partition coefficient (Wildman–Crippen LogP) is -0.495. The second-order valence-electron chi connectivity index (χ2n) is 3.16. The number of aromatic nitrogens is 6. The van der Waals surface area contributed by atoms with Crippen molar-refractivity contribution in [3.8, 4) is 5.69 Å². The third-order valence-corrected chi connectivity index (χ3v) is 2.00. The Bertz CT molecular complexity index is 430. The maximum absolute atomic E-state index is 4.07. The van der Waals surface area contributed by atoms with Gasteiger partial charge in [-0.1, -0.05) is 6.92 Å². The van der Waals surface area contributed by atoms with Crippen LogP contribution < -0.4 is 5.32 Å². The molecule has 0 fully saturated rings. The van der Waals surface area contributed by atoms with Gasteiger partial charge in [-0.2, -0.15) is 9.78 Å². The molecule has 0 saturated heterocycles. The lowest BCUT2D eigenvalue weighted by molar-refractivity contribution is 0.663. The largest absolute Gasteiger partial charge is 0.310 e. The van der Waals surface area contributed by atoms with Crippen LogP contribution in [0.1, 0.15) is 12.7 Å². The molecule has 0 unspecified atom stereocenters. The molecule has 80 valence electrons. The van der Waals surface area contributed by atoms with Gasteiger partial charge in [-0.05, 0) is 17.0 Å². The Hall–Kier alpha value is -1.76. The van der Waals surface area contributed by atoms with Gasteiger partial charge in [0.2, 0.25) is 0 Å². The minimum Gasteiger partial charge on any atom is -0.310 e. The van der Waals surface area contributed by atoms with E-state index < -0.39 is 0 Å². The van der Waals surface area contributed by atoms with Crippen LogP contribution in [-0.4, -0.2) is 36.5 Å². The zero-order valence-corrected chi connectivity index (χ0v) is 8.75. The van der Waals surface area contributed by atoms with Crippen LogP contribution in [0, 0.1) is 0 Å². The van der Waals surface area contributed by atoms with Gasteiger partial charge in [0.25, 0.3) is 0 Å². The van der Waals surface area contributed by atoms with Crippen LogP contribution in [0.2, 0.25) is 0 Å². The maximum Gasteiger partial charge on any atom is 0.170 e. The van der Waals surface area contributed by atoms with Crippen LogP contribution in [0.25, 0.3) is 5.69 Å². The third kappa shape index (κ3) is 2.01. The summed E-state index contributed by atoms with van der Waals surface area (Å²) in [6, 6.07) is 0. The Morgan fingerprint density at radius 3 is 3.00 bits per heavy atom. The minimum atomic E-state index is 0.651. The van der Waals surface area contributed by atoms with E-state index in [1.807, 2.05) is 20.2 Å². The molecule has 0 aromatic carbocycles. The van der Waals surface area contributed by atoms with Gasteiger partial charge in [-0.3, -0.25) is 4.68 Å². The van der Waals surface area contributed by atoms with Crippen molar-refractivity contribution in [2.75, 3.05) is 6.54 Å². The molecule has 0 aliphatic heterocycles. The first-order chi connectivity index (χ1) is 7.31. The van der Waals surface area contributed by atoms with Crippen molar-refractivity contribution < 1.29 is 0 Å². The quantitative estimate of drug-likeness (QED) is 0.732. The molecule has 0 radical (unpaired) electrons. The molecule has 1 N–H and O–H groups in total. The van der Waals surface area contributed by atoms with Gasteiger partial charge in [0.1, 0.15) is 5.69 Å². The van der Waals surface area contributed by atoms with Crippen LogP contribution in [0.5, 0.6) is 0 Å². The van der Waals surface area contributed by atoms with E-state index in [1.54, 1.807) is 15.6 Å². The monoisotopic (exact) mass is 207 g/mol. The van der Waals surface area contributed by atoms with Crippen LogP contribution >= 0.6 is 0 Å². The molecular formula is C8H13N7. The molecule has 7 nitrogen and oxygen atoms in total. The fourth-order valence-corrected chi connectivity index (χ4v) is 1.27. The van der Waals surface area contributed by atoms with Crippen molar-refractivity contribution in [1.82, 2.24) is 35.3 Å². The van der Waals surface area contributed by atoms with Crippen molar-refractivity contribution in [3.63, 3.8) is 0 Å². The molecular weight excluding hydrogens is 194 g/mol. The summed E-state index contributed by atoms with van der Waals surface area (Å²) in [5, 5.41) is 18.8. The Kier molecular flexibility index (Phi) is 2.72. The van der Waals surface area contributed by atoms with Gasteiger partial charge in [-0.25, -0.2) is 0 Å². The highest BCUT2D eigenvalue weighted by molar-refractivity contribution is 5.24. The van der Waals surface area contributed by atoms with E-state index in [9.17, 15) is 0 Å². The van der Waals surface area contributed by atoms with Crippen LogP contribution in [-0.2, 0) is 13.6 Å². The highest BCUT2D eigenvalue weighted by Gasteiger charge is 2.08. The minimum absolute atomic E-state index is 0.651. The lowest BCUT2D eigenvalue weighted by Gasteiger charge is -2.01. The lowest BCUT2D eigenvalue weighted by atomic mass is 10.5. The first kappa shape index (κ1) is 9.78. The first-order valence-corrected chi connectivity index (χ1v) is 4.78. The SMILES string of the molecule is CCNCc1nnnn1-c1cnn(C)c1. The van der Waals surface area contributed by atoms with E-state index in [1.165, 1.54) is 0 Å². The number of hydrogen-bond donors (Lipinski definition) is 1. The molecule has 0 bridgehead atoms. The summed E-state index contributed by atoms with van der Waals surface area (Å²) in [6.07, 6.45) is 3.59. The van der Waals surface area contributed by atoms with E-state index in [2.05, 4.69) is 25.9 Å². The summed E-state index contributed by atoms with van der Waals surface area (Å²) >= 11 is 0. The van der Waals surface area contributed by atoms with Crippen molar-refractivity contribution in [2.45, 2.75) is 13.5 Å². The number of aryl methyl sites for hydroxylation is 1. The Labute approximate surface area is 87.1 Å². The first-order valence-electron chi connectivity index (χ1n) is 4.78. The molecule has 15 heavy (non-hydrogen) atoms. The molecule has 0 amide bonds. The van der Waals surface area contributed by atoms with Crippen molar-refractivity contribution in [2.24, 2.45) is 7.05 Å². The number of rotatable bonds is 4. The van der Waals surface area contributed by atoms with E-state index in [0.717, 1.165) is 18.1 Å². The normalized spacial score (nSPS) is 10.8. The molecule has 2 aromatic heterocycles. The number of nitrogens with zero attached hydrogens (tertiary/aromatic N) is 6. The molecule has 0 atom stereocenters. The average molecular weight is 207 g/mol. The number of hydrogen-bond acceptors (Lipinski definition) is 5. The highest BCUT2D eigenvalue weighted by Crippen LogP contribution is 2.05. The molecule has 0 saturated carbocycles. The summed E-state index contributed by atoms with van der Waals surface area (Å²) in [4.78, 5) is 0. The number of tetrazole rings is 1. The van der Waals surface area contributed by atoms with E-state index in [-0.39, 0.29) is 0 Å². The molecule has 2 aromatic rings. The molecule has 7 heteroatoms. The van der Waals surface area contributed by atoms with Crippen molar-refractivity contribution in [1.29, 1.82) is 0 Å². The summed E-state index contributed by atoms with van der Waals surface area (Å²) in [7, 11) is 1.86. The second-order valence-corrected chi connectivity index (χ2v) is 3.16. The maximum atomic E-state index is 4.07. The van der Waals surface area contributed by atoms with Crippen molar-refractivity contribution in [3.05, 3.63) is 18.2 Å². The van der Waals surface area contributed by atoms with Crippen LogP contribution in [0.15, 0.2) is 12.4 Å². The summed E-state index contributed by atoms with van der Waals surface area (Å²) in [5.41, 5.74) is 0.871. The molecule has 2 rings (SSSR count). The smallest absolute Gasteiger partial charge is 0.170 e. The van der Waals surface area contributed by atoms with Gasteiger partial charge in [0, 0.05) is 7.05 Å². The Morgan fingerprint density at radius 1 is 1.47 bits per heavy atom. The third-order valence-electron chi connectivity index (χ3n) is 2.00. The van der Waals surface area contributed by atoms with E-state index >= 15 is 0 Å². The average Bonchev–Trinajstić information content (AvgIpc) is 2.82. The van der Waals surface area contributed by atoms with Gasteiger partial charge in [0.05, 0.1) is 18.9 Å². The van der Waals surface area contributed by atoms with Gasteiger partial charge in [0.15, 0.2) is 5.82 Å². The van der Waals surface area contributed by atoms with E-state index in [0.29, 0.717) is 6.54 Å². The molecule has 0 aliphatic rings. The number of nitrogens with one attached hydrogen (secondary N) is 1. The molecule has 2 heterocycles. The summed E-state index contributed by atoms with van der Waals surface area (Å²) in [6.45, 7) is 3.58. The molecule has 0 aliphatic carbocycles. The van der Waals surface area contributed by atoms with Crippen LogP contribution in [0.4, 0.5) is 0 Å². The predicted molar refractivity (Wildman–Crippen MR) is 53.3 cm³/mol. The fraction of sp³-hybridized carbons (Fsp3) is 0.500. The highest BCUT2D eigenvalue weighted by atomic mass is 15.6. The van der Waals surface area contributed by atoms with Gasteiger partial charge < -0.3 is 5.32 Å². The fourth-order valence-electron chi connectivity index (χ4n) is 1.27. The lowest BCUT2D eigenvalue weighted by Crippen LogP contribution is -2.16. The zero-order valence-electron chi connectivity index (χ0n) is 8.75. The molecule has 0 spiro atoms. The Morgan fingerprint density at radius 2 is 2.33 bits per heavy atom. The topological polar surface area (TPSA) is 73.5 Å². The Balaban J connectivity index is 2.24.